The van der Waals surface area contributed by atoms with Crippen LogP contribution < -0.4 is 5.32 Å². The summed E-state index contributed by atoms with van der Waals surface area (Å²) in [5, 5.41) is 21.0. The first kappa shape index (κ1) is 19.7. The van der Waals surface area contributed by atoms with Crippen LogP contribution in [0.15, 0.2) is 0 Å². The quantitative estimate of drug-likeness (QED) is 0.569. The fourth-order valence-corrected chi connectivity index (χ4v) is 2.20. The molecular weight excluding hydrogens is 274 g/mol. The zero-order valence-corrected chi connectivity index (χ0v) is 13.6. The van der Waals surface area contributed by atoms with Gasteiger partial charge in [-0.3, -0.25) is 4.79 Å². The van der Waals surface area contributed by atoms with Crippen molar-refractivity contribution in [1.29, 1.82) is 0 Å². The third-order valence-electron chi connectivity index (χ3n) is 3.22. The van der Waals surface area contributed by atoms with Crippen molar-refractivity contribution in [3.05, 3.63) is 0 Å². The van der Waals surface area contributed by atoms with Crippen LogP contribution in [-0.2, 0) is 9.53 Å². The summed E-state index contributed by atoms with van der Waals surface area (Å²) in [5.74, 6) is -0.918. The molecule has 0 aliphatic rings. The van der Waals surface area contributed by atoms with Gasteiger partial charge in [0.2, 0.25) is 0 Å². The first-order valence-electron chi connectivity index (χ1n) is 7.48. The van der Waals surface area contributed by atoms with Gasteiger partial charge in [0.05, 0.1) is 5.41 Å². The van der Waals surface area contributed by atoms with Crippen molar-refractivity contribution in [3.63, 3.8) is 0 Å². The molecule has 0 aliphatic heterocycles. The number of hydrogen-bond acceptors (Lipinski definition) is 4. The molecule has 0 bridgehead atoms. The number of nitrogens with one attached hydrogen (secondary N) is 1. The summed E-state index contributed by atoms with van der Waals surface area (Å²) >= 11 is 0. The molecule has 0 rings (SSSR count). The van der Waals surface area contributed by atoms with Gasteiger partial charge in [0.1, 0.15) is 5.60 Å². The van der Waals surface area contributed by atoms with Crippen LogP contribution in [0, 0.1) is 5.41 Å². The van der Waals surface area contributed by atoms with E-state index in [1.165, 1.54) is 0 Å². The lowest BCUT2D eigenvalue weighted by molar-refractivity contribution is -0.149. The molecule has 0 aliphatic carbocycles. The number of carbonyl (C=O) groups is 2. The topological polar surface area (TPSA) is 95.9 Å². The number of amides is 1. The van der Waals surface area contributed by atoms with Gasteiger partial charge in [0.15, 0.2) is 0 Å². The second-order valence-corrected chi connectivity index (χ2v) is 6.37. The highest BCUT2D eigenvalue weighted by molar-refractivity contribution is 5.76. The number of carboxylic acids is 1. The maximum atomic E-state index is 11.7. The highest BCUT2D eigenvalue weighted by atomic mass is 16.6. The Morgan fingerprint density at radius 3 is 2.19 bits per heavy atom. The number of hydrogen-bond donors (Lipinski definition) is 3. The van der Waals surface area contributed by atoms with Gasteiger partial charge < -0.3 is 20.3 Å². The van der Waals surface area contributed by atoms with Crippen molar-refractivity contribution >= 4 is 12.1 Å². The maximum absolute atomic E-state index is 11.7. The Kier molecular flexibility index (Phi) is 8.32. The third-order valence-corrected chi connectivity index (χ3v) is 3.22. The van der Waals surface area contributed by atoms with E-state index >= 15 is 0 Å². The average Bonchev–Trinajstić information content (AvgIpc) is 2.33. The van der Waals surface area contributed by atoms with Crippen LogP contribution in [0.3, 0.4) is 0 Å². The molecule has 0 spiro atoms. The minimum atomic E-state index is -0.999. The number of aliphatic hydroxyl groups excluding tert-OH is 1. The molecule has 124 valence electrons. The van der Waals surface area contributed by atoms with Crippen molar-refractivity contribution in [2.75, 3.05) is 13.2 Å². The molecular formula is C15H29NO5. The van der Waals surface area contributed by atoms with E-state index in [1.54, 1.807) is 20.8 Å². The number of aliphatic hydroxyl groups is 1. The fraction of sp³-hybridized carbons (Fsp3) is 0.867. The van der Waals surface area contributed by atoms with Crippen LogP contribution in [0.1, 0.15) is 59.8 Å². The molecule has 1 amide bonds. The number of alkyl carbamates (subject to hydrolysis) is 1. The number of carbonyl (C=O) groups excluding carboxylic acids is 1. The molecule has 0 saturated carbocycles. The Bertz CT molecular complexity index is 337. The molecule has 1 unspecified atom stereocenters. The molecule has 6 nitrogen and oxygen atoms in total. The molecule has 0 aromatic carbocycles. The van der Waals surface area contributed by atoms with Crippen molar-refractivity contribution in [1.82, 2.24) is 5.32 Å². The Labute approximate surface area is 126 Å². The second kappa shape index (κ2) is 8.87. The lowest BCUT2D eigenvalue weighted by Gasteiger charge is -2.30. The van der Waals surface area contributed by atoms with Crippen LogP contribution in [0.2, 0.25) is 0 Å². The van der Waals surface area contributed by atoms with E-state index in [1.807, 2.05) is 6.92 Å². The first-order valence-corrected chi connectivity index (χ1v) is 7.48. The second-order valence-electron chi connectivity index (χ2n) is 6.37. The monoisotopic (exact) mass is 303 g/mol. The summed E-state index contributed by atoms with van der Waals surface area (Å²) in [4.78, 5) is 23.3. The largest absolute Gasteiger partial charge is 0.481 e. The van der Waals surface area contributed by atoms with Gasteiger partial charge in [-0.25, -0.2) is 4.79 Å². The minimum Gasteiger partial charge on any atom is -0.481 e. The van der Waals surface area contributed by atoms with Gasteiger partial charge in [-0.1, -0.05) is 13.3 Å². The molecule has 0 fully saturated rings. The van der Waals surface area contributed by atoms with Crippen LogP contribution in [0.25, 0.3) is 0 Å². The zero-order chi connectivity index (χ0) is 16.5. The molecule has 0 aromatic heterocycles. The van der Waals surface area contributed by atoms with E-state index in [0.29, 0.717) is 32.1 Å². The normalized spacial score (nSPS) is 14.3. The molecule has 21 heavy (non-hydrogen) atoms. The van der Waals surface area contributed by atoms with Crippen molar-refractivity contribution in [2.24, 2.45) is 5.41 Å². The molecule has 3 N–H and O–H groups in total. The molecule has 0 heterocycles. The number of aliphatic carboxylic acids is 1. The first-order chi connectivity index (χ1) is 9.67. The Balaban J connectivity index is 4.72. The van der Waals surface area contributed by atoms with E-state index in [4.69, 9.17) is 9.84 Å². The summed E-state index contributed by atoms with van der Waals surface area (Å²) in [6.45, 7) is 7.26. The third kappa shape index (κ3) is 7.90. The standard InChI is InChI=1S/C15H29NO5/c1-5-8-15(12(18)19,9-6-7-10-17)11-16-13(20)21-14(2,3)4/h17H,5-11H2,1-4H3,(H,16,20)(H,18,19). The summed E-state index contributed by atoms with van der Waals surface area (Å²) < 4.78 is 5.13. The Morgan fingerprint density at radius 1 is 1.14 bits per heavy atom. The van der Waals surface area contributed by atoms with E-state index in [-0.39, 0.29) is 13.2 Å². The Morgan fingerprint density at radius 2 is 1.76 bits per heavy atom. The van der Waals surface area contributed by atoms with Crippen LogP contribution in [0.4, 0.5) is 4.79 Å². The van der Waals surface area contributed by atoms with Crippen LogP contribution in [0.5, 0.6) is 0 Å². The Hall–Kier alpha value is -1.30. The van der Waals surface area contributed by atoms with E-state index in [9.17, 15) is 14.7 Å². The predicted octanol–water partition coefficient (Wildman–Crippen LogP) is 2.54. The molecule has 1 atom stereocenters. The highest BCUT2D eigenvalue weighted by Gasteiger charge is 2.37. The SMILES string of the molecule is CCCC(CCCCO)(CNC(=O)OC(C)(C)C)C(=O)O. The highest BCUT2D eigenvalue weighted by Crippen LogP contribution is 2.30. The van der Waals surface area contributed by atoms with Gasteiger partial charge in [-0.05, 0) is 46.5 Å². The summed E-state index contributed by atoms with van der Waals surface area (Å²) in [6.07, 6.45) is 2.17. The summed E-state index contributed by atoms with van der Waals surface area (Å²) in [5.41, 5.74) is -1.61. The maximum Gasteiger partial charge on any atom is 0.407 e. The van der Waals surface area contributed by atoms with Gasteiger partial charge >= 0.3 is 12.1 Å². The van der Waals surface area contributed by atoms with Crippen LogP contribution in [-0.4, -0.2) is 41.0 Å². The summed E-state index contributed by atoms with van der Waals surface area (Å²) in [6, 6.07) is 0. The number of rotatable bonds is 9. The van der Waals surface area contributed by atoms with Gasteiger partial charge in [-0.15, -0.1) is 0 Å². The molecule has 6 heteroatoms. The van der Waals surface area contributed by atoms with Gasteiger partial charge in [-0.2, -0.15) is 0 Å². The minimum absolute atomic E-state index is 0.0382. The zero-order valence-electron chi connectivity index (χ0n) is 13.6. The van der Waals surface area contributed by atoms with Crippen molar-refractivity contribution in [3.8, 4) is 0 Å². The average molecular weight is 303 g/mol. The lowest BCUT2D eigenvalue weighted by Crippen LogP contribution is -2.44. The van der Waals surface area contributed by atoms with Gasteiger partial charge in [0, 0.05) is 13.2 Å². The smallest absolute Gasteiger partial charge is 0.407 e. The lowest BCUT2D eigenvalue weighted by atomic mass is 9.78. The van der Waals surface area contributed by atoms with E-state index in [0.717, 1.165) is 0 Å². The van der Waals surface area contributed by atoms with Crippen LogP contribution >= 0.6 is 0 Å². The van der Waals surface area contributed by atoms with E-state index in [2.05, 4.69) is 5.32 Å². The van der Waals surface area contributed by atoms with Crippen molar-refractivity contribution in [2.45, 2.75) is 65.4 Å². The summed E-state index contributed by atoms with van der Waals surface area (Å²) in [7, 11) is 0. The predicted molar refractivity (Wildman–Crippen MR) is 80.2 cm³/mol. The fourth-order valence-electron chi connectivity index (χ4n) is 2.20. The molecule has 0 saturated heterocycles. The molecule has 0 radical (unpaired) electrons. The van der Waals surface area contributed by atoms with Crippen molar-refractivity contribution < 1.29 is 24.5 Å². The molecule has 0 aromatic rings. The number of unbranched alkanes of at least 4 members (excludes halogenated alkanes) is 1. The van der Waals surface area contributed by atoms with E-state index < -0.39 is 23.1 Å². The number of carboxylic acid groups (broad SMARTS) is 1. The number of ether oxygens (including phenoxy) is 1. The van der Waals surface area contributed by atoms with Gasteiger partial charge in [0.25, 0.3) is 0 Å².